The third-order valence-corrected chi connectivity index (χ3v) is 5.83. The van der Waals surface area contributed by atoms with Crippen LogP contribution in [0.3, 0.4) is 0 Å². The van der Waals surface area contributed by atoms with Crippen LogP contribution in [0.2, 0.25) is 0 Å². The van der Waals surface area contributed by atoms with Crippen LogP contribution in [0.5, 0.6) is 0 Å². The summed E-state index contributed by atoms with van der Waals surface area (Å²) < 4.78 is 0. The first-order chi connectivity index (χ1) is 9.04. The van der Waals surface area contributed by atoms with Crippen molar-refractivity contribution in [3.05, 3.63) is 0 Å². The number of rotatable bonds is 2. The molecule has 2 heteroatoms. The molecule has 0 aromatic carbocycles. The summed E-state index contributed by atoms with van der Waals surface area (Å²) in [6.45, 7) is 14.1. The lowest BCUT2D eigenvalue weighted by Gasteiger charge is -2.55. The van der Waals surface area contributed by atoms with E-state index in [4.69, 9.17) is 0 Å². The Bertz CT molecular complexity index is 301. The van der Waals surface area contributed by atoms with Gasteiger partial charge in [0.1, 0.15) is 0 Å². The van der Waals surface area contributed by atoms with Crippen molar-refractivity contribution in [1.29, 1.82) is 0 Å². The summed E-state index contributed by atoms with van der Waals surface area (Å²) >= 11 is 0. The SMILES string of the molecule is CC(C)(C)C1CC2CCN1CC2CN1CCCCC1. The third-order valence-electron chi connectivity index (χ3n) is 5.83. The molecule has 19 heavy (non-hydrogen) atoms. The van der Waals surface area contributed by atoms with Gasteiger partial charge in [-0.3, -0.25) is 4.90 Å². The Morgan fingerprint density at radius 3 is 2.32 bits per heavy atom. The molecule has 4 fully saturated rings. The van der Waals surface area contributed by atoms with Gasteiger partial charge >= 0.3 is 0 Å². The van der Waals surface area contributed by atoms with E-state index in [1.54, 1.807) is 0 Å². The Morgan fingerprint density at radius 1 is 1.00 bits per heavy atom. The van der Waals surface area contributed by atoms with Gasteiger partial charge in [0.25, 0.3) is 0 Å². The monoisotopic (exact) mass is 264 g/mol. The number of likely N-dealkylation sites (tertiary alicyclic amines) is 1. The van der Waals surface area contributed by atoms with E-state index < -0.39 is 0 Å². The first kappa shape index (κ1) is 13.9. The van der Waals surface area contributed by atoms with Crippen LogP contribution in [0.15, 0.2) is 0 Å². The van der Waals surface area contributed by atoms with E-state index in [1.165, 1.54) is 64.8 Å². The summed E-state index contributed by atoms with van der Waals surface area (Å²) in [5.41, 5.74) is 0.467. The highest BCUT2D eigenvalue weighted by atomic mass is 15.2. The van der Waals surface area contributed by atoms with Gasteiger partial charge in [0.05, 0.1) is 0 Å². The molecule has 4 heterocycles. The van der Waals surface area contributed by atoms with Gasteiger partial charge in [0.2, 0.25) is 0 Å². The Balaban J connectivity index is 1.59. The van der Waals surface area contributed by atoms with Gasteiger partial charge in [-0.2, -0.15) is 0 Å². The molecule has 0 radical (unpaired) electrons. The molecule has 4 aliphatic heterocycles. The van der Waals surface area contributed by atoms with Crippen LogP contribution in [0.1, 0.15) is 52.9 Å². The van der Waals surface area contributed by atoms with Crippen LogP contribution in [0.25, 0.3) is 0 Å². The van der Waals surface area contributed by atoms with Crippen molar-refractivity contribution in [2.24, 2.45) is 17.3 Å². The molecule has 2 bridgehead atoms. The second-order valence-electron chi connectivity index (χ2n) is 8.28. The molecule has 0 aromatic heterocycles. The van der Waals surface area contributed by atoms with E-state index >= 15 is 0 Å². The fourth-order valence-electron chi connectivity index (χ4n) is 4.72. The predicted molar refractivity (Wildman–Crippen MR) is 81.3 cm³/mol. The second kappa shape index (κ2) is 5.37. The van der Waals surface area contributed by atoms with Crippen molar-refractivity contribution >= 4 is 0 Å². The molecule has 0 amide bonds. The highest BCUT2D eigenvalue weighted by molar-refractivity contribution is 4.97. The Hall–Kier alpha value is -0.0800. The number of hydrogen-bond donors (Lipinski definition) is 0. The molecule has 2 nitrogen and oxygen atoms in total. The number of hydrogen-bond acceptors (Lipinski definition) is 2. The fraction of sp³-hybridized carbons (Fsp3) is 1.00. The van der Waals surface area contributed by atoms with Crippen molar-refractivity contribution in [1.82, 2.24) is 9.80 Å². The van der Waals surface area contributed by atoms with Crippen LogP contribution < -0.4 is 0 Å². The van der Waals surface area contributed by atoms with E-state index in [0.717, 1.165) is 17.9 Å². The number of piperidine rings is 4. The van der Waals surface area contributed by atoms with Gasteiger partial charge in [-0.05, 0) is 62.6 Å². The van der Waals surface area contributed by atoms with E-state index in [2.05, 4.69) is 30.6 Å². The minimum atomic E-state index is 0.467. The lowest BCUT2D eigenvalue weighted by atomic mass is 9.69. The molecule has 0 aromatic rings. The van der Waals surface area contributed by atoms with Crippen LogP contribution in [0, 0.1) is 17.3 Å². The van der Waals surface area contributed by atoms with Crippen LogP contribution in [-0.4, -0.2) is 48.6 Å². The lowest BCUT2D eigenvalue weighted by Crippen LogP contribution is -2.59. The normalized spacial score (nSPS) is 40.6. The van der Waals surface area contributed by atoms with Crippen LogP contribution >= 0.6 is 0 Å². The van der Waals surface area contributed by atoms with Gasteiger partial charge in [-0.25, -0.2) is 0 Å². The smallest absolute Gasteiger partial charge is 0.0147 e. The Morgan fingerprint density at radius 2 is 1.74 bits per heavy atom. The van der Waals surface area contributed by atoms with Gasteiger partial charge < -0.3 is 4.90 Å². The van der Waals surface area contributed by atoms with Crippen molar-refractivity contribution < 1.29 is 0 Å². The maximum atomic E-state index is 2.81. The van der Waals surface area contributed by atoms with E-state index in [9.17, 15) is 0 Å². The minimum absolute atomic E-state index is 0.467. The third kappa shape index (κ3) is 3.00. The quantitative estimate of drug-likeness (QED) is 0.755. The molecule has 0 aliphatic carbocycles. The van der Waals surface area contributed by atoms with Crippen LogP contribution in [0.4, 0.5) is 0 Å². The summed E-state index contributed by atoms with van der Waals surface area (Å²) in [6, 6.07) is 0.837. The predicted octanol–water partition coefficient (Wildman–Crippen LogP) is 3.23. The summed E-state index contributed by atoms with van der Waals surface area (Å²) in [5.74, 6) is 1.97. The van der Waals surface area contributed by atoms with Gasteiger partial charge in [0.15, 0.2) is 0 Å². The van der Waals surface area contributed by atoms with Gasteiger partial charge in [-0.1, -0.05) is 27.2 Å². The highest BCUT2D eigenvalue weighted by Crippen LogP contribution is 2.42. The summed E-state index contributed by atoms with van der Waals surface area (Å²) in [5, 5.41) is 0. The Labute approximate surface area is 119 Å². The zero-order valence-corrected chi connectivity index (χ0v) is 13.2. The molecular weight excluding hydrogens is 232 g/mol. The summed E-state index contributed by atoms with van der Waals surface area (Å²) in [7, 11) is 0. The molecule has 4 atom stereocenters. The molecule has 4 aliphatic rings. The zero-order chi connectivity index (χ0) is 13.5. The first-order valence-electron chi connectivity index (χ1n) is 8.50. The number of fused-ring (bicyclic) bond motifs is 3. The molecular formula is C17H32N2. The topological polar surface area (TPSA) is 6.48 Å². The Kier molecular flexibility index (Phi) is 3.92. The molecule has 4 rings (SSSR count). The maximum absolute atomic E-state index is 2.81. The van der Waals surface area contributed by atoms with Crippen molar-refractivity contribution in [2.45, 2.75) is 58.9 Å². The highest BCUT2D eigenvalue weighted by Gasteiger charge is 2.44. The maximum Gasteiger partial charge on any atom is 0.0147 e. The van der Waals surface area contributed by atoms with Crippen molar-refractivity contribution in [3.63, 3.8) is 0 Å². The summed E-state index contributed by atoms with van der Waals surface area (Å²) in [6.07, 6.45) is 7.26. The van der Waals surface area contributed by atoms with E-state index in [1.807, 2.05) is 0 Å². The number of nitrogens with zero attached hydrogens (tertiary/aromatic N) is 2. The standard InChI is InChI=1S/C17H32N2/c1-17(2,3)16-11-14-7-10-19(16)13-15(14)12-18-8-5-4-6-9-18/h14-16H,4-13H2,1-3H3. The second-order valence-corrected chi connectivity index (χ2v) is 8.28. The average Bonchev–Trinajstić information content (AvgIpc) is 2.39. The molecule has 0 saturated carbocycles. The zero-order valence-electron chi connectivity index (χ0n) is 13.2. The molecule has 110 valence electrons. The minimum Gasteiger partial charge on any atom is -0.303 e. The van der Waals surface area contributed by atoms with E-state index in [-0.39, 0.29) is 0 Å². The van der Waals surface area contributed by atoms with E-state index in [0.29, 0.717) is 5.41 Å². The van der Waals surface area contributed by atoms with Crippen molar-refractivity contribution in [2.75, 3.05) is 32.7 Å². The fourth-order valence-corrected chi connectivity index (χ4v) is 4.72. The van der Waals surface area contributed by atoms with Gasteiger partial charge in [0, 0.05) is 19.1 Å². The van der Waals surface area contributed by atoms with Crippen LogP contribution in [-0.2, 0) is 0 Å². The summed E-state index contributed by atoms with van der Waals surface area (Å²) in [4.78, 5) is 5.57. The molecule has 0 N–H and O–H groups in total. The molecule has 4 unspecified atom stereocenters. The molecule has 4 saturated heterocycles. The lowest BCUT2D eigenvalue weighted by molar-refractivity contribution is -0.0526. The average molecular weight is 264 g/mol. The van der Waals surface area contributed by atoms with Gasteiger partial charge in [-0.15, -0.1) is 0 Å². The largest absolute Gasteiger partial charge is 0.303 e. The van der Waals surface area contributed by atoms with Crippen molar-refractivity contribution in [3.8, 4) is 0 Å². The molecule has 0 spiro atoms. The first-order valence-corrected chi connectivity index (χ1v) is 8.50.